The van der Waals surface area contributed by atoms with Gasteiger partial charge in [-0.05, 0) is 99.5 Å². The molecule has 2 aromatic heterocycles. The van der Waals surface area contributed by atoms with Crippen molar-refractivity contribution in [2.24, 2.45) is 0 Å². The number of allylic oxidation sites excluding steroid dienone is 2. The Morgan fingerprint density at radius 3 is 0.969 bits per heavy atom. The molecule has 2 heterocycles. The molecule has 1 aliphatic carbocycles. The van der Waals surface area contributed by atoms with Gasteiger partial charge in [-0.1, -0.05) is 0 Å². The maximum Gasteiger partial charge on any atom is 0.380 e. The molecule has 0 unspecified atom stereocenters. The first-order chi connectivity index (χ1) is 30.8. The normalized spacial score (nSPS) is 14.9. The summed E-state index contributed by atoms with van der Waals surface area (Å²) in [4.78, 5) is 0.862. The van der Waals surface area contributed by atoms with Crippen LogP contribution in [0.15, 0.2) is 60.7 Å². The van der Waals surface area contributed by atoms with E-state index in [2.05, 4.69) is 0 Å². The number of hydrogen-bond donors (Lipinski definition) is 0. The van der Waals surface area contributed by atoms with E-state index in [1.807, 2.05) is 0 Å². The lowest BCUT2D eigenvalue weighted by molar-refractivity contribution is -0.254. The van der Waals surface area contributed by atoms with Crippen LogP contribution in [0.3, 0.4) is 0 Å². The number of rotatable bonds is 14. The molecule has 65 heavy (non-hydrogen) atoms. The van der Waals surface area contributed by atoms with E-state index in [-0.39, 0.29) is 32.4 Å². The molecule has 4 aromatic carbocycles. The first-order valence-electron chi connectivity index (χ1n) is 19.9. The third-order valence-electron chi connectivity index (χ3n) is 11.7. The summed E-state index contributed by atoms with van der Waals surface area (Å²) in [6.45, 7) is 5.78. The Hall–Kier alpha value is -6.00. The van der Waals surface area contributed by atoms with Crippen molar-refractivity contribution in [1.29, 1.82) is 0 Å². The van der Waals surface area contributed by atoms with Crippen LogP contribution >= 0.6 is 22.7 Å². The summed E-state index contributed by atoms with van der Waals surface area (Å²) in [5, 5.41) is 0. The fourth-order valence-electron chi connectivity index (χ4n) is 8.57. The molecule has 344 valence electrons. The first-order valence-corrected chi connectivity index (χ1v) is 21.5. The molecule has 1 aliphatic rings. The third-order valence-corrected chi connectivity index (χ3v) is 14.2. The zero-order chi connectivity index (χ0) is 47.5. The van der Waals surface area contributed by atoms with Crippen LogP contribution < -0.4 is 37.9 Å². The number of methoxy groups -OCH3 is 8. The van der Waals surface area contributed by atoms with Gasteiger partial charge in [0.25, 0.3) is 0 Å². The van der Waals surface area contributed by atoms with Crippen molar-refractivity contribution in [1.82, 2.24) is 0 Å². The van der Waals surface area contributed by atoms with E-state index in [0.717, 1.165) is 22.7 Å². The SMILES string of the molecule is COc1ccc(OC)c(-c2cc(OC)c(-c3sc(C)c(C4=C(c5c(C)sc(-c6cc(OC)c(-c7cc(OC)ccc7OC)cc6OC)c5C)C(F)(F)C(F)(F)C4(F)F)c3C)cc2OC)c1. The van der Waals surface area contributed by atoms with Crippen LogP contribution in [0, 0.1) is 27.7 Å². The number of hydrogen-bond acceptors (Lipinski definition) is 10. The van der Waals surface area contributed by atoms with Gasteiger partial charge in [0.15, 0.2) is 0 Å². The molecular formula is C49H46F6O8S2. The average Bonchev–Trinajstić information content (AvgIpc) is 3.79. The average molecular weight is 941 g/mol. The highest BCUT2D eigenvalue weighted by atomic mass is 32.1. The summed E-state index contributed by atoms with van der Waals surface area (Å²) < 4.78 is 144. The smallest absolute Gasteiger partial charge is 0.380 e. The van der Waals surface area contributed by atoms with E-state index < -0.39 is 40.0 Å². The molecular weight excluding hydrogens is 895 g/mol. The summed E-state index contributed by atoms with van der Waals surface area (Å²) in [6.07, 6.45) is 0. The molecule has 0 saturated heterocycles. The second-order valence-corrected chi connectivity index (χ2v) is 17.5. The van der Waals surface area contributed by atoms with Crippen LogP contribution in [0.5, 0.6) is 46.0 Å². The Balaban J connectivity index is 1.46. The molecule has 0 fully saturated rings. The zero-order valence-corrected chi connectivity index (χ0v) is 39.3. The quantitative estimate of drug-likeness (QED) is 0.100. The molecule has 0 saturated carbocycles. The van der Waals surface area contributed by atoms with Crippen molar-refractivity contribution in [2.75, 3.05) is 56.9 Å². The van der Waals surface area contributed by atoms with Gasteiger partial charge >= 0.3 is 17.8 Å². The number of halogens is 6. The van der Waals surface area contributed by atoms with Gasteiger partial charge in [0.1, 0.15) is 46.0 Å². The monoisotopic (exact) mass is 940 g/mol. The van der Waals surface area contributed by atoms with Crippen molar-refractivity contribution in [2.45, 2.75) is 45.5 Å². The van der Waals surface area contributed by atoms with Crippen LogP contribution in [0.25, 0.3) is 54.3 Å². The van der Waals surface area contributed by atoms with Crippen LogP contribution in [0.2, 0.25) is 0 Å². The van der Waals surface area contributed by atoms with Gasteiger partial charge in [0.05, 0.1) is 56.9 Å². The van der Waals surface area contributed by atoms with Crippen molar-refractivity contribution >= 4 is 33.8 Å². The lowest BCUT2D eigenvalue weighted by Gasteiger charge is -2.26. The van der Waals surface area contributed by atoms with Gasteiger partial charge in [-0.3, -0.25) is 0 Å². The Kier molecular flexibility index (Phi) is 12.6. The first kappa shape index (κ1) is 47.0. The maximum absolute atomic E-state index is 16.6. The minimum atomic E-state index is -5.80. The number of alkyl halides is 6. The number of benzene rings is 4. The summed E-state index contributed by atoms with van der Waals surface area (Å²) >= 11 is 1.97. The lowest BCUT2D eigenvalue weighted by Crippen LogP contribution is -2.49. The van der Waals surface area contributed by atoms with E-state index in [1.54, 1.807) is 60.7 Å². The van der Waals surface area contributed by atoms with Crippen molar-refractivity contribution in [3.63, 3.8) is 0 Å². The second-order valence-electron chi connectivity index (χ2n) is 15.1. The Morgan fingerprint density at radius 2 is 0.662 bits per heavy atom. The molecule has 16 heteroatoms. The maximum atomic E-state index is 16.6. The van der Waals surface area contributed by atoms with Gasteiger partial charge in [-0.15, -0.1) is 22.7 Å². The molecule has 8 nitrogen and oxygen atoms in total. The molecule has 0 bridgehead atoms. The minimum Gasteiger partial charge on any atom is -0.497 e. The molecule has 7 rings (SSSR count). The molecule has 6 aromatic rings. The predicted octanol–water partition coefficient (Wildman–Crippen LogP) is 13.6. The predicted molar refractivity (Wildman–Crippen MR) is 243 cm³/mol. The number of thiophene rings is 2. The van der Waals surface area contributed by atoms with Crippen molar-refractivity contribution in [3.05, 3.63) is 92.7 Å². The Bertz CT molecular complexity index is 2670. The highest BCUT2D eigenvalue weighted by Gasteiger charge is 2.80. The van der Waals surface area contributed by atoms with Crippen LogP contribution in [0.1, 0.15) is 32.0 Å². The van der Waals surface area contributed by atoms with Gasteiger partial charge in [0.2, 0.25) is 0 Å². The second kappa shape index (κ2) is 17.4. The Labute approximate surface area is 380 Å². The van der Waals surface area contributed by atoms with Gasteiger partial charge in [-0.25, -0.2) is 0 Å². The van der Waals surface area contributed by atoms with E-state index in [9.17, 15) is 0 Å². The topological polar surface area (TPSA) is 73.8 Å². The molecule has 0 N–H and O–H groups in total. The number of aryl methyl sites for hydroxylation is 2. The molecule has 0 aliphatic heterocycles. The highest BCUT2D eigenvalue weighted by Crippen LogP contribution is 2.67. The minimum absolute atomic E-state index is 0.0703. The van der Waals surface area contributed by atoms with Crippen LogP contribution in [0.4, 0.5) is 26.3 Å². The van der Waals surface area contributed by atoms with Gasteiger partial charge in [0, 0.05) is 75.2 Å². The standard InChI is InChI=1S/C49H46F6O8S2/c1-23-41(25(3)64-45(23)33-21-37(60-9)31(19-39(33)62-11)29-17-27(56-5)13-15-35(29)58-7)43-44(48(52,53)49(54,55)47(43,50)51)42-24(2)46(65-26(42)4)34-22-38(61-10)32(20-40(34)63-12)30-18-28(57-6)14-16-36(30)59-8/h13-22H,1-12H3. The number of ether oxygens (including phenoxy) is 8. The molecule has 0 amide bonds. The summed E-state index contributed by atoms with van der Waals surface area (Å²) in [7, 11) is 11.7. The third kappa shape index (κ3) is 7.29. The summed E-state index contributed by atoms with van der Waals surface area (Å²) in [5.41, 5.74) is -0.635. The van der Waals surface area contributed by atoms with Gasteiger partial charge < -0.3 is 37.9 Å². The zero-order valence-electron chi connectivity index (χ0n) is 37.6. The fraction of sp³-hybridized carbons (Fsp3) is 0.306. The summed E-state index contributed by atoms with van der Waals surface area (Å²) in [6, 6.07) is 16.9. The van der Waals surface area contributed by atoms with Gasteiger partial charge in [-0.2, -0.15) is 26.3 Å². The fourth-order valence-corrected chi connectivity index (χ4v) is 10.9. The molecule has 0 atom stereocenters. The van der Waals surface area contributed by atoms with Crippen molar-refractivity contribution < 1.29 is 64.2 Å². The van der Waals surface area contributed by atoms with Crippen molar-refractivity contribution in [3.8, 4) is 89.1 Å². The lowest BCUT2D eigenvalue weighted by atomic mass is 9.89. The molecule has 0 spiro atoms. The molecule has 0 radical (unpaired) electrons. The largest absolute Gasteiger partial charge is 0.497 e. The van der Waals surface area contributed by atoms with Crippen LogP contribution in [-0.2, 0) is 0 Å². The highest BCUT2D eigenvalue weighted by molar-refractivity contribution is 7.16. The van der Waals surface area contributed by atoms with E-state index in [0.29, 0.717) is 77.6 Å². The summed E-state index contributed by atoms with van der Waals surface area (Å²) in [5.74, 6) is -13.2. The Morgan fingerprint density at radius 1 is 0.369 bits per heavy atom. The van der Waals surface area contributed by atoms with Crippen LogP contribution in [-0.4, -0.2) is 74.6 Å². The van der Waals surface area contributed by atoms with E-state index in [1.165, 1.54) is 84.6 Å². The van der Waals surface area contributed by atoms with E-state index >= 15 is 26.3 Å². The van der Waals surface area contributed by atoms with E-state index in [4.69, 9.17) is 37.9 Å².